The summed E-state index contributed by atoms with van der Waals surface area (Å²) in [5.74, 6) is -0.135. The first-order valence-corrected chi connectivity index (χ1v) is 6.53. The predicted molar refractivity (Wildman–Crippen MR) is 69.2 cm³/mol. The monoisotopic (exact) mass is 317 g/mol. The van der Waals surface area contributed by atoms with Gasteiger partial charge in [-0.15, -0.1) is 0 Å². The summed E-state index contributed by atoms with van der Waals surface area (Å²) in [5.41, 5.74) is 0. The molecule has 100 valence electrons. The van der Waals surface area contributed by atoms with E-state index in [2.05, 4.69) is 26.0 Å². The maximum absolute atomic E-state index is 11.5. The molecule has 0 saturated heterocycles. The van der Waals surface area contributed by atoms with Gasteiger partial charge >= 0.3 is 5.97 Å². The zero-order valence-electron chi connectivity index (χ0n) is 10.2. The molecule has 0 aliphatic carbocycles. The molecule has 6 heteroatoms. The van der Waals surface area contributed by atoms with E-state index in [0.717, 1.165) is 19.3 Å². The highest BCUT2D eigenvalue weighted by atomic mass is 79.9. The zero-order valence-corrected chi connectivity index (χ0v) is 11.8. The number of amides is 1. The van der Waals surface area contributed by atoms with Gasteiger partial charge in [0.05, 0.1) is 7.11 Å². The smallest absolute Gasteiger partial charge is 0.305 e. The summed E-state index contributed by atoms with van der Waals surface area (Å²) in [6, 6.07) is 3.28. The first kappa shape index (κ1) is 14.8. The van der Waals surface area contributed by atoms with E-state index in [-0.39, 0.29) is 17.6 Å². The van der Waals surface area contributed by atoms with E-state index in [1.165, 1.54) is 7.11 Å². The minimum Gasteiger partial charge on any atom is -0.469 e. The van der Waals surface area contributed by atoms with Gasteiger partial charge in [0.1, 0.15) is 0 Å². The third kappa shape index (κ3) is 5.35. The molecule has 1 N–H and O–H groups in total. The molecule has 0 aromatic carbocycles. The molecule has 0 saturated carbocycles. The zero-order chi connectivity index (χ0) is 13.4. The molecule has 1 heterocycles. The van der Waals surface area contributed by atoms with Gasteiger partial charge in [0.25, 0.3) is 5.91 Å². The molecule has 0 bridgehead atoms. The van der Waals surface area contributed by atoms with Crippen molar-refractivity contribution >= 4 is 27.8 Å². The number of hydrogen-bond acceptors (Lipinski definition) is 4. The standard InChI is InChI=1S/C12H16BrNO4/c1-17-11(15)5-3-2-4-8-14-12(16)9-6-7-10(13)18-9/h6-7H,2-5,8H2,1H3,(H,14,16). The van der Waals surface area contributed by atoms with E-state index in [9.17, 15) is 9.59 Å². The van der Waals surface area contributed by atoms with Gasteiger partial charge in [-0.2, -0.15) is 0 Å². The third-order valence-corrected chi connectivity index (χ3v) is 2.79. The molecule has 1 aromatic heterocycles. The maximum Gasteiger partial charge on any atom is 0.305 e. The van der Waals surface area contributed by atoms with Crippen LogP contribution >= 0.6 is 15.9 Å². The molecule has 0 aliphatic rings. The second-order valence-electron chi connectivity index (χ2n) is 3.75. The van der Waals surface area contributed by atoms with Gasteiger partial charge < -0.3 is 14.5 Å². The van der Waals surface area contributed by atoms with Crippen LogP contribution in [-0.2, 0) is 9.53 Å². The third-order valence-electron chi connectivity index (χ3n) is 2.37. The van der Waals surface area contributed by atoms with Crippen LogP contribution in [0.25, 0.3) is 0 Å². The van der Waals surface area contributed by atoms with Crippen LogP contribution in [0.3, 0.4) is 0 Å². The number of halogens is 1. The van der Waals surface area contributed by atoms with Crippen molar-refractivity contribution in [1.29, 1.82) is 0 Å². The Kier molecular flexibility index (Phi) is 6.49. The molecular formula is C12H16BrNO4. The second kappa shape index (κ2) is 7.92. The number of carbonyl (C=O) groups excluding carboxylic acids is 2. The SMILES string of the molecule is COC(=O)CCCCCNC(=O)c1ccc(Br)o1. The molecule has 0 radical (unpaired) electrons. The molecular weight excluding hydrogens is 302 g/mol. The van der Waals surface area contributed by atoms with Crippen LogP contribution in [0.15, 0.2) is 21.2 Å². The highest BCUT2D eigenvalue weighted by Gasteiger charge is 2.09. The molecule has 1 aromatic rings. The van der Waals surface area contributed by atoms with Gasteiger partial charge in [-0.25, -0.2) is 0 Å². The fourth-order valence-corrected chi connectivity index (χ4v) is 1.71. The summed E-state index contributed by atoms with van der Waals surface area (Å²) >= 11 is 3.13. The number of nitrogens with one attached hydrogen (secondary N) is 1. The lowest BCUT2D eigenvalue weighted by Gasteiger charge is -2.03. The number of methoxy groups -OCH3 is 1. The molecule has 0 atom stereocenters. The van der Waals surface area contributed by atoms with Gasteiger partial charge in [0, 0.05) is 13.0 Å². The summed E-state index contributed by atoms with van der Waals surface area (Å²) in [6.07, 6.45) is 2.90. The molecule has 0 fully saturated rings. The fraction of sp³-hybridized carbons (Fsp3) is 0.500. The quantitative estimate of drug-likeness (QED) is 0.619. The lowest BCUT2D eigenvalue weighted by molar-refractivity contribution is -0.140. The molecule has 0 aliphatic heterocycles. The van der Waals surface area contributed by atoms with Crippen molar-refractivity contribution in [2.45, 2.75) is 25.7 Å². The first-order chi connectivity index (χ1) is 8.63. The van der Waals surface area contributed by atoms with Gasteiger partial charge in [0.15, 0.2) is 10.4 Å². The summed E-state index contributed by atoms with van der Waals surface area (Å²) in [6.45, 7) is 0.568. The number of ether oxygens (including phenoxy) is 1. The van der Waals surface area contributed by atoms with Crippen LogP contribution in [0.4, 0.5) is 0 Å². The summed E-state index contributed by atoms with van der Waals surface area (Å²) in [4.78, 5) is 22.4. The molecule has 0 unspecified atom stereocenters. The minimum absolute atomic E-state index is 0.195. The predicted octanol–water partition coefficient (Wildman–Crippen LogP) is 2.51. The van der Waals surface area contributed by atoms with E-state index in [0.29, 0.717) is 17.6 Å². The highest BCUT2D eigenvalue weighted by molar-refractivity contribution is 9.10. The van der Waals surface area contributed by atoms with Crippen molar-refractivity contribution in [1.82, 2.24) is 5.32 Å². The highest BCUT2D eigenvalue weighted by Crippen LogP contribution is 2.13. The summed E-state index contributed by atoms with van der Waals surface area (Å²) < 4.78 is 10.2. The van der Waals surface area contributed by atoms with Crippen molar-refractivity contribution in [2.24, 2.45) is 0 Å². The van der Waals surface area contributed by atoms with Crippen molar-refractivity contribution in [3.8, 4) is 0 Å². The lowest BCUT2D eigenvalue weighted by Crippen LogP contribution is -2.23. The van der Waals surface area contributed by atoms with Gasteiger partial charge in [-0.1, -0.05) is 6.42 Å². The Morgan fingerprint density at radius 1 is 1.33 bits per heavy atom. The number of carbonyl (C=O) groups is 2. The maximum atomic E-state index is 11.5. The Balaban J connectivity index is 2.08. The van der Waals surface area contributed by atoms with E-state index in [1.54, 1.807) is 12.1 Å². The van der Waals surface area contributed by atoms with Crippen LogP contribution < -0.4 is 5.32 Å². The van der Waals surface area contributed by atoms with E-state index in [4.69, 9.17) is 4.42 Å². The Labute approximate surface area is 114 Å². The first-order valence-electron chi connectivity index (χ1n) is 5.74. The van der Waals surface area contributed by atoms with Crippen molar-refractivity contribution in [3.05, 3.63) is 22.6 Å². The Morgan fingerprint density at radius 2 is 2.11 bits per heavy atom. The van der Waals surface area contributed by atoms with E-state index in [1.807, 2.05) is 0 Å². The average Bonchev–Trinajstić information content (AvgIpc) is 2.79. The Morgan fingerprint density at radius 3 is 2.72 bits per heavy atom. The van der Waals surface area contributed by atoms with Gasteiger partial charge in [-0.3, -0.25) is 9.59 Å². The minimum atomic E-state index is -0.228. The van der Waals surface area contributed by atoms with Crippen LogP contribution in [0.2, 0.25) is 0 Å². The van der Waals surface area contributed by atoms with Crippen LogP contribution in [0, 0.1) is 0 Å². The largest absolute Gasteiger partial charge is 0.469 e. The second-order valence-corrected chi connectivity index (χ2v) is 4.53. The van der Waals surface area contributed by atoms with Crippen molar-refractivity contribution in [2.75, 3.05) is 13.7 Å². The molecule has 1 amide bonds. The fourth-order valence-electron chi connectivity index (χ4n) is 1.40. The van der Waals surface area contributed by atoms with Crippen LogP contribution in [0.5, 0.6) is 0 Å². The van der Waals surface area contributed by atoms with Crippen LogP contribution in [-0.4, -0.2) is 25.5 Å². The Bertz CT molecular complexity index is 403. The normalized spacial score (nSPS) is 10.1. The average molecular weight is 318 g/mol. The topological polar surface area (TPSA) is 68.5 Å². The van der Waals surface area contributed by atoms with Gasteiger partial charge in [-0.05, 0) is 40.9 Å². The molecule has 0 spiro atoms. The van der Waals surface area contributed by atoms with Crippen molar-refractivity contribution in [3.63, 3.8) is 0 Å². The summed E-state index contributed by atoms with van der Waals surface area (Å²) in [5, 5.41) is 2.74. The lowest BCUT2D eigenvalue weighted by atomic mass is 10.2. The molecule has 1 rings (SSSR count). The number of hydrogen-bond donors (Lipinski definition) is 1. The number of furan rings is 1. The number of esters is 1. The van der Waals surface area contributed by atoms with E-state index < -0.39 is 0 Å². The molecule has 5 nitrogen and oxygen atoms in total. The number of unbranched alkanes of at least 4 members (excludes halogenated alkanes) is 2. The molecule has 18 heavy (non-hydrogen) atoms. The summed E-state index contributed by atoms with van der Waals surface area (Å²) in [7, 11) is 1.38. The van der Waals surface area contributed by atoms with Gasteiger partial charge in [0.2, 0.25) is 0 Å². The van der Waals surface area contributed by atoms with Crippen molar-refractivity contribution < 1.29 is 18.7 Å². The number of rotatable bonds is 7. The van der Waals surface area contributed by atoms with E-state index >= 15 is 0 Å². The Hall–Kier alpha value is -1.30. The van der Waals surface area contributed by atoms with Crippen LogP contribution in [0.1, 0.15) is 36.2 Å².